The zero-order valence-corrected chi connectivity index (χ0v) is 14.8. The molecule has 0 bridgehead atoms. The van der Waals surface area contributed by atoms with Crippen LogP contribution in [-0.4, -0.2) is 23.6 Å². The SMILES string of the molecule is O=C1[C@H](c2ccccc2)c2cc3c(cc2CN1C1CCCCC1)OCO3. The molecule has 0 spiro atoms. The van der Waals surface area contributed by atoms with Gasteiger partial charge in [-0.15, -0.1) is 0 Å². The van der Waals surface area contributed by atoms with E-state index in [4.69, 9.17) is 9.47 Å². The van der Waals surface area contributed by atoms with Gasteiger partial charge in [0, 0.05) is 12.6 Å². The molecule has 3 aliphatic rings. The third kappa shape index (κ3) is 2.56. The number of hydrogen-bond donors (Lipinski definition) is 0. The second-order valence-corrected chi connectivity index (χ2v) is 7.51. The molecule has 0 aromatic heterocycles. The van der Waals surface area contributed by atoms with Crippen molar-refractivity contribution in [2.24, 2.45) is 0 Å². The summed E-state index contributed by atoms with van der Waals surface area (Å²) in [7, 11) is 0. The Kier molecular flexibility index (Phi) is 3.84. The summed E-state index contributed by atoms with van der Waals surface area (Å²) in [5.74, 6) is 1.53. The summed E-state index contributed by atoms with van der Waals surface area (Å²) in [6.07, 6.45) is 5.97. The Bertz CT molecular complexity index is 827. The van der Waals surface area contributed by atoms with E-state index in [1.807, 2.05) is 24.3 Å². The maximum absolute atomic E-state index is 13.5. The molecule has 2 aliphatic heterocycles. The fourth-order valence-corrected chi connectivity index (χ4v) is 4.64. The minimum absolute atomic E-state index is 0.231. The molecule has 26 heavy (non-hydrogen) atoms. The van der Waals surface area contributed by atoms with Crippen molar-refractivity contribution in [2.75, 3.05) is 6.79 Å². The van der Waals surface area contributed by atoms with E-state index in [0.717, 1.165) is 35.5 Å². The van der Waals surface area contributed by atoms with E-state index in [0.29, 0.717) is 12.6 Å². The summed E-state index contributed by atoms with van der Waals surface area (Å²) in [6, 6.07) is 14.6. The fraction of sp³-hybridized carbons (Fsp3) is 0.409. The molecule has 0 unspecified atom stereocenters. The van der Waals surface area contributed by atoms with Crippen molar-refractivity contribution in [3.63, 3.8) is 0 Å². The molecule has 1 fully saturated rings. The molecule has 4 nitrogen and oxygen atoms in total. The van der Waals surface area contributed by atoms with Crippen LogP contribution in [0.4, 0.5) is 0 Å². The molecule has 1 atom stereocenters. The predicted molar refractivity (Wildman–Crippen MR) is 98.3 cm³/mol. The monoisotopic (exact) mass is 349 g/mol. The zero-order chi connectivity index (χ0) is 17.5. The molecule has 1 saturated carbocycles. The van der Waals surface area contributed by atoms with Gasteiger partial charge in [-0.2, -0.15) is 0 Å². The molecular weight excluding hydrogens is 326 g/mol. The van der Waals surface area contributed by atoms with Crippen LogP contribution in [0.2, 0.25) is 0 Å². The van der Waals surface area contributed by atoms with Crippen molar-refractivity contribution in [2.45, 2.75) is 50.6 Å². The molecule has 5 rings (SSSR count). The lowest BCUT2D eigenvalue weighted by Gasteiger charge is -2.41. The Hall–Kier alpha value is -2.49. The van der Waals surface area contributed by atoms with E-state index in [1.165, 1.54) is 24.8 Å². The van der Waals surface area contributed by atoms with Crippen LogP contribution < -0.4 is 9.47 Å². The third-order valence-electron chi connectivity index (χ3n) is 5.96. The van der Waals surface area contributed by atoms with E-state index in [9.17, 15) is 4.79 Å². The normalized spacial score (nSPS) is 22.4. The average molecular weight is 349 g/mol. The van der Waals surface area contributed by atoms with Crippen LogP contribution in [-0.2, 0) is 11.3 Å². The lowest BCUT2D eigenvalue weighted by atomic mass is 9.81. The van der Waals surface area contributed by atoms with E-state index in [1.54, 1.807) is 0 Å². The average Bonchev–Trinajstić information content (AvgIpc) is 3.15. The number of carbonyl (C=O) groups excluding carboxylic acids is 1. The Morgan fingerprint density at radius 3 is 2.42 bits per heavy atom. The molecule has 1 amide bonds. The van der Waals surface area contributed by atoms with Crippen LogP contribution in [0.3, 0.4) is 0 Å². The second kappa shape index (κ2) is 6.35. The number of rotatable bonds is 2. The predicted octanol–water partition coefficient (Wildman–Crippen LogP) is 4.22. The zero-order valence-electron chi connectivity index (χ0n) is 14.8. The molecule has 2 heterocycles. The summed E-state index contributed by atoms with van der Waals surface area (Å²) >= 11 is 0. The van der Waals surface area contributed by atoms with Crippen molar-refractivity contribution in [1.82, 2.24) is 4.90 Å². The van der Waals surface area contributed by atoms with Crippen LogP contribution in [0.15, 0.2) is 42.5 Å². The number of hydrogen-bond acceptors (Lipinski definition) is 3. The van der Waals surface area contributed by atoms with Crippen LogP contribution in [0.1, 0.15) is 54.7 Å². The largest absolute Gasteiger partial charge is 0.454 e. The third-order valence-corrected chi connectivity index (χ3v) is 5.96. The maximum atomic E-state index is 13.5. The van der Waals surface area contributed by atoms with Crippen molar-refractivity contribution in [3.05, 3.63) is 59.2 Å². The van der Waals surface area contributed by atoms with Gasteiger partial charge < -0.3 is 14.4 Å². The molecule has 2 aromatic rings. The standard InChI is InChI=1S/C22H23NO3/c24-22-21(15-7-3-1-4-8-15)18-12-20-19(25-14-26-20)11-16(18)13-23(22)17-9-5-2-6-10-17/h1,3-4,7-8,11-12,17,21H,2,5-6,9-10,13-14H2/t21-/m1/s1. The number of benzene rings is 2. The number of amides is 1. The molecule has 1 aliphatic carbocycles. The topological polar surface area (TPSA) is 38.8 Å². The van der Waals surface area contributed by atoms with E-state index in [2.05, 4.69) is 23.1 Å². The lowest BCUT2D eigenvalue weighted by Crippen LogP contribution is -2.46. The molecule has 0 N–H and O–H groups in total. The van der Waals surface area contributed by atoms with Gasteiger partial charge in [-0.25, -0.2) is 0 Å². The van der Waals surface area contributed by atoms with Crippen molar-refractivity contribution in [3.8, 4) is 11.5 Å². The minimum atomic E-state index is -0.253. The van der Waals surface area contributed by atoms with Gasteiger partial charge in [0.05, 0.1) is 5.92 Å². The molecule has 2 aromatic carbocycles. The Morgan fingerprint density at radius 2 is 1.65 bits per heavy atom. The van der Waals surface area contributed by atoms with Crippen molar-refractivity contribution < 1.29 is 14.3 Å². The Labute approximate surface area is 153 Å². The first-order valence-electron chi connectivity index (χ1n) is 9.59. The summed E-state index contributed by atoms with van der Waals surface area (Å²) in [6.45, 7) is 0.938. The first-order chi connectivity index (χ1) is 12.8. The summed E-state index contributed by atoms with van der Waals surface area (Å²) < 4.78 is 11.2. The highest BCUT2D eigenvalue weighted by Crippen LogP contribution is 2.43. The van der Waals surface area contributed by atoms with Crippen LogP contribution in [0, 0.1) is 0 Å². The first kappa shape index (κ1) is 15.7. The maximum Gasteiger partial charge on any atom is 0.235 e. The summed E-state index contributed by atoms with van der Waals surface area (Å²) in [5.41, 5.74) is 3.31. The number of nitrogens with zero attached hydrogens (tertiary/aromatic N) is 1. The number of ether oxygens (including phenoxy) is 2. The van der Waals surface area contributed by atoms with Gasteiger partial charge >= 0.3 is 0 Å². The van der Waals surface area contributed by atoms with E-state index < -0.39 is 0 Å². The number of carbonyl (C=O) groups is 1. The van der Waals surface area contributed by atoms with Crippen molar-refractivity contribution >= 4 is 5.91 Å². The minimum Gasteiger partial charge on any atom is -0.454 e. The van der Waals surface area contributed by atoms with Gasteiger partial charge in [0.15, 0.2) is 11.5 Å². The Morgan fingerprint density at radius 1 is 0.923 bits per heavy atom. The fourth-order valence-electron chi connectivity index (χ4n) is 4.64. The molecular formula is C22H23NO3. The number of fused-ring (bicyclic) bond motifs is 2. The van der Waals surface area contributed by atoms with E-state index in [-0.39, 0.29) is 18.6 Å². The van der Waals surface area contributed by atoms with Crippen LogP contribution in [0.25, 0.3) is 0 Å². The highest BCUT2D eigenvalue weighted by atomic mass is 16.7. The van der Waals surface area contributed by atoms with Gasteiger partial charge in [-0.3, -0.25) is 4.79 Å². The van der Waals surface area contributed by atoms with Crippen LogP contribution in [0.5, 0.6) is 11.5 Å². The highest BCUT2D eigenvalue weighted by molar-refractivity contribution is 5.90. The van der Waals surface area contributed by atoms with Gasteiger partial charge in [0.25, 0.3) is 0 Å². The highest BCUT2D eigenvalue weighted by Gasteiger charge is 2.39. The first-order valence-corrected chi connectivity index (χ1v) is 9.59. The lowest BCUT2D eigenvalue weighted by molar-refractivity contribution is -0.136. The summed E-state index contributed by atoms with van der Waals surface area (Å²) in [5, 5.41) is 0. The van der Waals surface area contributed by atoms with Crippen molar-refractivity contribution in [1.29, 1.82) is 0 Å². The van der Waals surface area contributed by atoms with Gasteiger partial charge in [0.1, 0.15) is 0 Å². The van der Waals surface area contributed by atoms with Gasteiger partial charge in [-0.1, -0.05) is 49.6 Å². The van der Waals surface area contributed by atoms with Gasteiger partial charge in [-0.05, 0) is 41.7 Å². The van der Waals surface area contributed by atoms with Crippen LogP contribution >= 0.6 is 0 Å². The molecule has 4 heteroatoms. The summed E-state index contributed by atoms with van der Waals surface area (Å²) in [4.78, 5) is 15.7. The molecule has 0 saturated heterocycles. The molecule has 0 radical (unpaired) electrons. The second-order valence-electron chi connectivity index (χ2n) is 7.51. The molecule has 134 valence electrons. The smallest absolute Gasteiger partial charge is 0.235 e. The quantitative estimate of drug-likeness (QED) is 0.815. The van der Waals surface area contributed by atoms with Gasteiger partial charge in [0.2, 0.25) is 12.7 Å². The Balaban J connectivity index is 1.61. The van der Waals surface area contributed by atoms with E-state index >= 15 is 0 Å².